The number of nitrogens with one attached hydrogen (secondary N) is 1. The molecule has 0 atom stereocenters. The standard InChI is InChI=1S/C11H10ClN3O2/c1-17-10-3-2-6(4-7(10)12)9-5-8(13)11(16)15-14-9/h2-5H,1H3,(H2,13,14)(H,15,16). The van der Waals surface area contributed by atoms with E-state index < -0.39 is 5.56 Å². The number of anilines is 1. The van der Waals surface area contributed by atoms with E-state index in [1.54, 1.807) is 18.2 Å². The highest BCUT2D eigenvalue weighted by molar-refractivity contribution is 6.32. The van der Waals surface area contributed by atoms with Gasteiger partial charge in [-0.15, -0.1) is 0 Å². The molecule has 0 saturated carbocycles. The first-order valence-corrected chi connectivity index (χ1v) is 5.18. The summed E-state index contributed by atoms with van der Waals surface area (Å²) in [5.74, 6) is 0.577. The summed E-state index contributed by atoms with van der Waals surface area (Å²) in [5.41, 5.74) is 6.51. The van der Waals surface area contributed by atoms with Gasteiger partial charge in [0.05, 0.1) is 17.8 Å². The van der Waals surface area contributed by atoms with E-state index in [1.165, 1.54) is 13.2 Å². The second-order valence-electron chi connectivity index (χ2n) is 3.39. The Balaban J connectivity index is 2.49. The van der Waals surface area contributed by atoms with Crippen molar-refractivity contribution >= 4 is 17.3 Å². The van der Waals surface area contributed by atoms with Crippen LogP contribution < -0.4 is 16.0 Å². The van der Waals surface area contributed by atoms with Gasteiger partial charge in [-0.3, -0.25) is 4.79 Å². The van der Waals surface area contributed by atoms with Gasteiger partial charge in [-0.2, -0.15) is 5.10 Å². The second kappa shape index (κ2) is 4.47. The van der Waals surface area contributed by atoms with Crippen molar-refractivity contribution in [1.82, 2.24) is 10.2 Å². The Bertz CT molecular complexity index is 610. The summed E-state index contributed by atoms with van der Waals surface area (Å²) in [7, 11) is 1.54. The molecule has 1 aromatic heterocycles. The van der Waals surface area contributed by atoms with Crippen LogP contribution in [-0.2, 0) is 0 Å². The van der Waals surface area contributed by atoms with Gasteiger partial charge in [-0.25, -0.2) is 5.10 Å². The van der Waals surface area contributed by atoms with Crippen LogP contribution in [0.4, 0.5) is 5.69 Å². The van der Waals surface area contributed by atoms with Crippen LogP contribution in [0.15, 0.2) is 29.1 Å². The fourth-order valence-corrected chi connectivity index (χ4v) is 1.65. The number of H-pyrrole nitrogens is 1. The lowest BCUT2D eigenvalue weighted by Gasteiger charge is -2.05. The first-order valence-electron chi connectivity index (χ1n) is 4.81. The number of nitrogens with zero attached hydrogens (tertiary/aromatic N) is 1. The summed E-state index contributed by atoms with van der Waals surface area (Å²) < 4.78 is 5.04. The fourth-order valence-electron chi connectivity index (χ4n) is 1.39. The number of hydrogen-bond donors (Lipinski definition) is 2. The average molecular weight is 252 g/mol. The van der Waals surface area contributed by atoms with Gasteiger partial charge < -0.3 is 10.5 Å². The van der Waals surface area contributed by atoms with Crippen molar-refractivity contribution in [1.29, 1.82) is 0 Å². The zero-order valence-corrected chi connectivity index (χ0v) is 9.78. The van der Waals surface area contributed by atoms with Crippen molar-refractivity contribution in [3.05, 3.63) is 39.6 Å². The molecule has 0 aliphatic rings. The largest absolute Gasteiger partial charge is 0.495 e. The molecule has 0 saturated heterocycles. The normalized spacial score (nSPS) is 10.2. The summed E-state index contributed by atoms with van der Waals surface area (Å²) in [6.07, 6.45) is 0. The lowest BCUT2D eigenvalue weighted by atomic mass is 10.1. The van der Waals surface area contributed by atoms with Gasteiger partial charge >= 0.3 is 0 Å². The number of aromatic amines is 1. The number of benzene rings is 1. The van der Waals surface area contributed by atoms with E-state index in [4.69, 9.17) is 22.1 Å². The predicted molar refractivity (Wildman–Crippen MR) is 66.3 cm³/mol. The lowest BCUT2D eigenvalue weighted by Crippen LogP contribution is -2.13. The van der Waals surface area contributed by atoms with Crippen LogP contribution in [0.1, 0.15) is 0 Å². The van der Waals surface area contributed by atoms with E-state index >= 15 is 0 Å². The molecule has 0 aliphatic heterocycles. The van der Waals surface area contributed by atoms with Crippen LogP contribution in [0.3, 0.4) is 0 Å². The van der Waals surface area contributed by atoms with Gasteiger partial charge in [-0.05, 0) is 24.3 Å². The monoisotopic (exact) mass is 251 g/mol. The Morgan fingerprint density at radius 3 is 2.76 bits per heavy atom. The zero-order valence-electron chi connectivity index (χ0n) is 9.03. The molecule has 2 aromatic rings. The van der Waals surface area contributed by atoms with E-state index in [-0.39, 0.29) is 5.69 Å². The Hall–Kier alpha value is -2.01. The van der Waals surface area contributed by atoms with Crippen LogP contribution in [0.5, 0.6) is 5.75 Å². The van der Waals surface area contributed by atoms with Gasteiger partial charge in [0.1, 0.15) is 11.4 Å². The molecule has 0 aliphatic carbocycles. The van der Waals surface area contributed by atoms with E-state index in [9.17, 15) is 4.79 Å². The topological polar surface area (TPSA) is 81.0 Å². The van der Waals surface area contributed by atoms with Crippen molar-refractivity contribution in [3.63, 3.8) is 0 Å². The van der Waals surface area contributed by atoms with Crippen molar-refractivity contribution in [2.45, 2.75) is 0 Å². The summed E-state index contributed by atoms with van der Waals surface area (Å²) in [6.45, 7) is 0. The van der Waals surface area contributed by atoms with E-state index in [0.717, 1.165) is 5.56 Å². The van der Waals surface area contributed by atoms with Crippen LogP contribution in [-0.4, -0.2) is 17.3 Å². The molecule has 88 valence electrons. The van der Waals surface area contributed by atoms with Crippen molar-refractivity contribution in [3.8, 4) is 17.0 Å². The first kappa shape index (κ1) is 11.5. The molecule has 2 rings (SSSR count). The van der Waals surface area contributed by atoms with Crippen molar-refractivity contribution in [2.75, 3.05) is 12.8 Å². The molecule has 0 radical (unpaired) electrons. The highest BCUT2D eigenvalue weighted by atomic mass is 35.5. The van der Waals surface area contributed by atoms with Gasteiger partial charge in [0, 0.05) is 5.56 Å². The maximum atomic E-state index is 11.1. The molecule has 6 heteroatoms. The molecule has 1 aromatic carbocycles. The fraction of sp³-hybridized carbons (Fsp3) is 0.0909. The van der Waals surface area contributed by atoms with Gasteiger partial charge in [-0.1, -0.05) is 11.6 Å². The Kier molecular flexibility index (Phi) is 3.01. The van der Waals surface area contributed by atoms with E-state index in [1.807, 2.05) is 0 Å². The van der Waals surface area contributed by atoms with E-state index in [0.29, 0.717) is 16.5 Å². The van der Waals surface area contributed by atoms with Crippen LogP contribution >= 0.6 is 11.6 Å². The average Bonchev–Trinajstić information content (AvgIpc) is 2.32. The third-order valence-corrected chi connectivity index (χ3v) is 2.58. The number of aromatic nitrogens is 2. The molecular formula is C11H10ClN3O2. The maximum absolute atomic E-state index is 11.1. The number of ether oxygens (including phenoxy) is 1. The molecule has 5 nitrogen and oxygen atoms in total. The minimum Gasteiger partial charge on any atom is -0.495 e. The molecular weight excluding hydrogens is 242 g/mol. The third kappa shape index (κ3) is 2.24. The molecule has 0 fully saturated rings. The third-order valence-electron chi connectivity index (χ3n) is 2.28. The number of methoxy groups -OCH3 is 1. The molecule has 17 heavy (non-hydrogen) atoms. The number of nitrogen functional groups attached to an aromatic ring is 1. The Labute approximate surface area is 102 Å². The molecule has 0 bridgehead atoms. The first-order chi connectivity index (χ1) is 8.11. The van der Waals surface area contributed by atoms with Crippen molar-refractivity contribution in [2.24, 2.45) is 0 Å². The SMILES string of the molecule is COc1ccc(-c2cc(N)c(=O)[nH]n2)cc1Cl. The number of nitrogens with two attached hydrogens (primary N) is 1. The van der Waals surface area contributed by atoms with Gasteiger partial charge in [0.2, 0.25) is 0 Å². The van der Waals surface area contributed by atoms with Crippen LogP contribution in [0, 0.1) is 0 Å². The molecule has 0 amide bonds. The predicted octanol–water partition coefficient (Wildman–Crippen LogP) is 1.68. The smallest absolute Gasteiger partial charge is 0.287 e. The number of rotatable bonds is 2. The van der Waals surface area contributed by atoms with Gasteiger partial charge in [0.15, 0.2) is 0 Å². The minimum atomic E-state index is -0.409. The molecule has 3 N–H and O–H groups in total. The minimum absolute atomic E-state index is 0.113. The summed E-state index contributed by atoms with van der Waals surface area (Å²) in [6, 6.07) is 6.70. The molecule has 0 spiro atoms. The summed E-state index contributed by atoms with van der Waals surface area (Å²) in [5, 5.41) is 6.67. The maximum Gasteiger partial charge on any atom is 0.287 e. The van der Waals surface area contributed by atoms with Crippen LogP contribution in [0.25, 0.3) is 11.3 Å². The Morgan fingerprint density at radius 1 is 1.41 bits per heavy atom. The highest BCUT2D eigenvalue weighted by Gasteiger charge is 2.06. The second-order valence-corrected chi connectivity index (χ2v) is 3.79. The summed E-state index contributed by atoms with van der Waals surface area (Å²) in [4.78, 5) is 11.1. The van der Waals surface area contributed by atoms with E-state index in [2.05, 4.69) is 10.2 Å². The quantitative estimate of drug-likeness (QED) is 0.851. The lowest BCUT2D eigenvalue weighted by molar-refractivity contribution is 0.415. The summed E-state index contributed by atoms with van der Waals surface area (Å²) >= 11 is 5.99. The Morgan fingerprint density at radius 2 is 2.18 bits per heavy atom. The number of hydrogen-bond acceptors (Lipinski definition) is 4. The highest BCUT2D eigenvalue weighted by Crippen LogP contribution is 2.29. The van der Waals surface area contributed by atoms with Crippen LogP contribution in [0.2, 0.25) is 5.02 Å². The zero-order chi connectivity index (χ0) is 12.4. The van der Waals surface area contributed by atoms with Crippen molar-refractivity contribution < 1.29 is 4.74 Å². The number of halogens is 1. The molecule has 1 heterocycles. The molecule has 0 unspecified atom stereocenters. The van der Waals surface area contributed by atoms with Gasteiger partial charge in [0.25, 0.3) is 5.56 Å².